The van der Waals surface area contributed by atoms with Gasteiger partial charge in [0.25, 0.3) is 0 Å². The first-order valence-electron chi connectivity index (χ1n) is 2.19. The molecule has 0 aliphatic heterocycles. The third kappa shape index (κ3) is 4.41. The summed E-state index contributed by atoms with van der Waals surface area (Å²) in [7, 11) is 5.18. The van der Waals surface area contributed by atoms with Crippen molar-refractivity contribution in [2.45, 2.75) is 13.3 Å². The minimum Gasteiger partial charge on any atom is -0.172 e. The first-order valence-corrected chi connectivity index (χ1v) is 3.35. The number of rotatable bonds is 3. The number of hydrogen-bond acceptors (Lipinski definition) is 1. The number of hydrogen-bond donors (Lipinski definition) is 0. The van der Waals surface area contributed by atoms with Gasteiger partial charge in [-0.2, -0.15) is 11.8 Å². The van der Waals surface area contributed by atoms with Crippen molar-refractivity contribution < 1.29 is 0 Å². The SMILES string of the molecule is [B]CSCCC. The molecule has 0 aromatic heterocycles. The first-order chi connectivity index (χ1) is 2.91. The Bertz CT molecular complexity index is 19.5. The Morgan fingerprint density at radius 1 is 1.67 bits per heavy atom. The molecular weight excluding hydrogens is 90.9 g/mol. The molecule has 2 radical (unpaired) electrons. The van der Waals surface area contributed by atoms with Crippen LogP contribution in [0.5, 0.6) is 0 Å². The summed E-state index contributed by atoms with van der Waals surface area (Å²) in [5.74, 6) is 1.20. The van der Waals surface area contributed by atoms with Gasteiger partial charge in [-0.3, -0.25) is 0 Å². The average Bonchev–Trinajstić information content (AvgIpc) is 1.61. The van der Waals surface area contributed by atoms with Crippen LogP contribution >= 0.6 is 11.8 Å². The minimum atomic E-state index is 0.772. The van der Waals surface area contributed by atoms with Crippen molar-refractivity contribution in [2.75, 3.05) is 11.4 Å². The zero-order valence-electron chi connectivity index (χ0n) is 4.11. The van der Waals surface area contributed by atoms with E-state index in [2.05, 4.69) is 6.92 Å². The third-order valence-electron chi connectivity index (χ3n) is 0.466. The Labute approximate surface area is 45.1 Å². The average molecular weight is 100.0 g/mol. The van der Waals surface area contributed by atoms with Crippen molar-refractivity contribution in [3.8, 4) is 0 Å². The molecule has 0 spiro atoms. The zero-order chi connectivity index (χ0) is 4.83. The number of thioether (sulfide) groups is 1. The zero-order valence-corrected chi connectivity index (χ0v) is 4.92. The van der Waals surface area contributed by atoms with Crippen LogP contribution in [0.3, 0.4) is 0 Å². The second-order valence-electron chi connectivity index (χ2n) is 1.07. The Balaban J connectivity index is 2.34. The van der Waals surface area contributed by atoms with E-state index in [-0.39, 0.29) is 0 Å². The van der Waals surface area contributed by atoms with Crippen LogP contribution < -0.4 is 0 Å². The van der Waals surface area contributed by atoms with E-state index in [9.17, 15) is 0 Å². The summed E-state index contributed by atoms with van der Waals surface area (Å²) in [6.07, 6.45) is 1.24. The van der Waals surface area contributed by atoms with E-state index >= 15 is 0 Å². The van der Waals surface area contributed by atoms with Crippen molar-refractivity contribution >= 4 is 19.6 Å². The van der Waals surface area contributed by atoms with Gasteiger partial charge in [-0.25, -0.2) is 0 Å². The first kappa shape index (κ1) is 6.41. The van der Waals surface area contributed by atoms with Crippen molar-refractivity contribution in [3.63, 3.8) is 0 Å². The van der Waals surface area contributed by atoms with Gasteiger partial charge in [-0.15, -0.1) is 0 Å². The standard InChI is InChI=1S/C4H9BS/c1-2-3-6-4-5/h2-4H2,1H3. The summed E-state index contributed by atoms with van der Waals surface area (Å²) in [6, 6.07) is 0. The summed E-state index contributed by atoms with van der Waals surface area (Å²) in [5, 5.41) is 0. The van der Waals surface area contributed by atoms with Crippen LogP contribution in [0.4, 0.5) is 0 Å². The van der Waals surface area contributed by atoms with Crippen molar-refractivity contribution in [1.82, 2.24) is 0 Å². The summed E-state index contributed by atoms with van der Waals surface area (Å²) in [6.45, 7) is 2.16. The molecule has 0 N–H and O–H groups in total. The van der Waals surface area contributed by atoms with Crippen molar-refractivity contribution in [3.05, 3.63) is 0 Å². The van der Waals surface area contributed by atoms with E-state index in [1.54, 1.807) is 11.8 Å². The molecule has 6 heavy (non-hydrogen) atoms. The highest BCUT2D eigenvalue weighted by Crippen LogP contribution is 1.96. The second kappa shape index (κ2) is 5.41. The molecule has 0 fully saturated rings. The molecule has 0 aliphatic rings. The quantitative estimate of drug-likeness (QED) is 0.380. The molecule has 0 atom stereocenters. The Morgan fingerprint density at radius 3 is 2.50 bits per heavy atom. The van der Waals surface area contributed by atoms with Crippen LogP contribution in [0.2, 0.25) is 0 Å². The highest BCUT2D eigenvalue weighted by atomic mass is 32.2. The Morgan fingerprint density at radius 2 is 2.33 bits per heavy atom. The van der Waals surface area contributed by atoms with Crippen LogP contribution in [0, 0.1) is 0 Å². The Kier molecular flexibility index (Phi) is 5.79. The summed E-state index contributed by atoms with van der Waals surface area (Å²) in [5.41, 5.74) is 0.772. The minimum absolute atomic E-state index is 0.772. The fourth-order valence-electron chi connectivity index (χ4n) is 0.228. The van der Waals surface area contributed by atoms with E-state index < -0.39 is 0 Å². The molecule has 0 saturated heterocycles. The lowest BCUT2D eigenvalue weighted by atomic mass is 10.2. The van der Waals surface area contributed by atoms with Crippen LogP contribution in [-0.2, 0) is 0 Å². The molecule has 0 amide bonds. The van der Waals surface area contributed by atoms with Crippen LogP contribution in [0.25, 0.3) is 0 Å². The van der Waals surface area contributed by atoms with Gasteiger partial charge in [0.1, 0.15) is 0 Å². The van der Waals surface area contributed by atoms with Crippen molar-refractivity contribution in [2.24, 2.45) is 0 Å². The molecule has 0 rings (SSSR count). The maximum atomic E-state index is 5.18. The van der Waals surface area contributed by atoms with Gasteiger partial charge >= 0.3 is 0 Å². The monoisotopic (exact) mass is 100 g/mol. The molecule has 0 aliphatic carbocycles. The Hall–Kier alpha value is 0.415. The molecule has 0 aromatic rings. The maximum absolute atomic E-state index is 5.18. The van der Waals surface area contributed by atoms with E-state index in [1.807, 2.05) is 0 Å². The van der Waals surface area contributed by atoms with Crippen LogP contribution in [0.15, 0.2) is 0 Å². The molecule has 0 bridgehead atoms. The van der Waals surface area contributed by atoms with Crippen molar-refractivity contribution in [1.29, 1.82) is 0 Å². The maximum Gasteiger partial charge on any atom is 0.0799 e. The van der Waals surface area contributed by atoms with Gasteiger partial charge in [0, 0.05) is 0 Å². The molecule has 0 unspecified atom stereocenters. The van der Waals surface area contributed by atoms with E-state index in [4.69, 9.17) is 7.85 Å². The molecule has 34 valence electrons. The predicted octanol–water partition coefficient (Wildman–Crippen LogP) is 1.26. The predicted molar refractivity (Wildman–Crippen MR) is 33.4 cm³/mol. The van der Waals surface area contributed by atoms with E-state index in [1.165, 1.54) is 12.2 Å². The van der Waals surface area contributed by atoms with Gasteiger partial charge in [0.15, 0.2) is 0 Å². The molecule has 0 heterocycles. The normalized spacial score (nSPS) is 8.83. The molecular formula is C4H9BS. The highest BCUT2D eigenvalue weighted by Gasteiger charge is 1.74. The summed E-state index contributed by atoms with van der Waals surface area (Å²) < 4.78 is 0. The lowest BCUT2D eigenvalue weighted by Gasteiger charge is -1.87. The molecule has 2 heteroatoms. The van der Waals surface area contributed by atoms with Gasteiger partial charge < -0.3 is 0 Å². The fourth-order valence-corrected chi connectivity index (χ4v) is 0.683. The molecule has 0 aromatic carbocycles. The van der Waals surface area contributed by atoms with E-state index in [0.717, 1.165) is 5.65 Å². The molecule has 0 saturated carbocycles. The lowest BCUT2D eigenvalue weighted by Crippen LogP contribution is -1.76. The largest absolute Gasteiger partial charge is 0.172 e. The van der Waals surface area contributed by atoms with Gasteiger partial charge in [-0.1, -0.05) is 6.92 Å². The second-order valence-corrected chi connectivity index (χ2v) is 2.22. The van der Waals surface area contributed by atoms with Crippen LogP contribution in [0.1, 0.15) is 13.3 Å². The molecule has 0 nitrogen and oxygen atoms in total. The third-order valence-corrected chi connectivity index (χ3v) is 1.40. The van der Waals surface area contributed by atoms with Gasteiger partial charge in [0.05, 0.1) is 7.85 Å². The van der Waals surface area contributed by atoms with Gasteiger partial charge in [-0.05, 0) is 17.8 Å². The topological polar surface area (TPSA) is 0 Å². The van der Waals surface area contributed by atoms with Gasteiger partial charge in [0.2, 0.25) is 0 Å². The summed E-state index contributed by atoms with van der Waals surface area (Å²) >= 11 is 1.79. The smallest absolute Gasteiger partial charge is 0.0799 e. The van der Waals surface area contributed by atoms with Crippen LogP contribution in [-0.4, -0.2) is 19.3 Å². The fraction of sp³-hybridized carbons (Fsp3) is 1.00. The van der Waals surface area contributed by atoms with E-state index in [0.29, 0.717) is 0 Å². The highest BCUT2D eigenvalue weighted by molar-refractivity contribution is 8.00. The lowest BCUT2D eigenvalue weighted by molar-refractivity contribution is 1.11. The summed E-state index contributed by atoms with van der Waals surface area (Å²) in [4.78, 5) is 0.